The Labute approximate surface area is 391 Å². The average molecular weight is 925 g/mol. The van der Waals surface area contributed by atoms with Crippen LogP contribution in [0.25, 0.3) is 0 Å². The number of allylic oxidation sites excluding steroid dienone is 2. The molecule has 0 bridgehead atoms. The minimum Gasteiger partial charge on any atom is -0.463 e. The summed E-state index contributed by atoms with van der Waals surface area (Å²) < 4.78 is 45.1. The standard InChI is InChI=1S/C51H88O14/c1-7-9-11-13-15-17-19-21-22-24-25-27-29-31-33-35-46(56)59-37-44(64-47(57)36-34-32-30-28-26-23-20-18-16-14-12-10-8-2)38-60-51-50(63-43(6)55)49(62-42(5)54)48(61-41(4)53)45(65-51)39-58-40(3)52/h21-22,44-45,48-51H,7-20,23-39H2,1-6H3. The van der Waals surface area contributed by atoms with E-state index in [0.29, 0.717) is 12.8 Å². The largest absolute Gasteiger partial charge is 0.463 e. The van der Waals surface area contributed by atoms with Crippen LogP contribution in [0, 0.1) is 0 Å². The maximum atomic E-state index is 13.1. The molecule has 14 nitrogen and oxygen atoms in total. The van der Waals surface area contributed by atoms with Gasteiger partial charge in [-0.15, -0.1) is 0 Å². The highest BCUT2D eigenvalue weighted by Gasteiger charge is 2.53. The van der Waals surface area contributed by atoms with E-state index in [1.54, 1.807) is 0 Å². The highest BCUT2D eigenvalue weighted by molar-refractivity contribution is 5.70. The fraction of sp³-hybridized carbons (Fsp3) is 0.843. The van der Waals surface area contributed by atoms with E-state index in [2.05, 4.69) is 26.0 Å². The van der Waals surface area contributed by atoms with Gasteiger partial charge in [0, 0.05) is 40.5 Å². The molecule has 1 aliphatic rings. The summed E-state index contributed by atoms with van der Waals surface area (Å²) >= 11 is 0. The van der Waals surface area contributed by atoms with Gasteiger partial charge in [-0.05, 0) is 38.5 Å². The number of rotatable bonds is 40. The molecule has 14 heteroatoms. The van der Waals surface area contributed by atoms with Crippen molar-refractivity contribution in [2.75, 3.05) is 19.8 Å². The first-order valence-corrected chi connectivity index (χ1v) is 25.3. The number of unbranched alkanes of at least 4 members (excludes halogenated alkanes) is 23. The van der Waals surface area contributed by atoms with Gasteiger partial charge in [0.1, 0.15) is 19.3 Å². The Hall–Kier alpha value is -3.52. The quantitative estimate of drug-likeness (QED) is 0.0245. The van der Waals surface area contributed by atoms with Gasteiger partial charge in [0.25, 0.3) is 0 Å². The maximum absolute atomic E-state index is 13.1. The van der Waals surface area contributed by atoms with E-state index in [9.17, 15) is 28.8 Å². The molecule has 0 amide bonds. The van der Waals surface area contributed by atoms with Crippen LogP contribution in [-0.2, 0) is 66.7 Å². The second-order valence-electron chi connectivity index (χ2n) is 17.5. The third-order valence-corrected chi connectivity index (χ3v) is 11.3. The zero-order valence-electron chi connectivity index (χ0n) is 41.3. The number of hydrogen-bond acceptors (Lipinski definition) is 14. The number of esters is 6. The predicted octanol–water partition coefficient (Wildman–Crippen LogP) is 11.1. The summed E-state index contributed by atoms with van der Waals surface area (Å²) in [5.41, 5.74) is 0. The molecular formula is C51H88O14. The highest BCUT2D eigenvalue weighted by Crippen LogP contribution is 2.30. The van der Waals surface area contributed by atoms with Crippen molar-refractivity contribution in [3.05, 3.63) is 12.2 Å². The number of ether oxygens (including phenoxy) is 8. The summed E-state index contributed by atoms with van der Waals surface area (Å²) in [6.07, 6.45) is 26.9. The van der Waals surface area contributed by atoms with Crippen LogP contribution in [0.3, 0.4) is 0 Å². The second-order valence-corrected chi connectivity index (χ2v) is 17.5. The van der Waals surface area contributed by atoms with Gasteiger partial charge < -0.3 is 37.9 Å². The molecule has 6 unspecified atom stereocenters. The number of hydrogen-bond donors (Lipinski definition) is 0. The lowest BCUT2D eigenvalue weighted by molar-refractivity contribution is -0.311. The van der Waals surface area contributed by atoms with Gasteiger partial charge in [0.2, 0.25) is 0 Å². The predicted molar refractivity (Wildman–Crippen MR) is 249 cm³/mol. The molecule has 0 aromatic rings. The van der Waals surface area contributed by atoms with Crippen LogP contribution in [0.1, 0.15) is 221 Å². The molecule has 1 heterocycles. The molecule has 1 aliphatic heterocycles. The van der Waals surface area contributed by atoms with Crippen LogP contribution in [0.4, 0.5) is 0 Å². The molecule has 6 atom stereocenters. The molecule has 0 saturated carbocycles. The third kappa shape index (κ3) is 32.7. The van der Waals surface area contributed by atoms with E-state index in [-0.39, 0.29) is 26.1 Å². The van der Waals surface area contributed by atoms with Crippen LogP contribution in [0.15, 0.2) is 12.2 Å². The Morgan fingerprint density at radius 3 is 1.34 bits per heavy atom. The van der Waals surface area contributed by atoms with Crippen LogP contribution in [0.2, 0.25) is 0 Å². The van der Waals surface area contributed by atoms with Crippen molar-refractivity contribution in [2.45, 2.75) is 258 Å². The first-order valence-electron chi connectivity index (χ1n) is 25.3. The normalized spacial score (nSPS) is 18.8. The molecule has 0 aromatic heterocycles. The molecule has 0 spiro atoms. The topological polar surface area (TPSA) is 176 Å². The summed E-state index contributed by atoms with van der Waals surface area (Å²) in [7, 11) is 0. The minimum absolute atomic E-state index is 0.163. The Kier molecular flexibility index (Phi) is 36.3. The van der Waals surface area contributed by atoms with E-state index in [4.69, 9.17) is 37.9 Å². The van der Waals surface area contributed by atoms with Gasteiger partial charge in [-0.3, -0.25) is 28.8 Å². The monoisotopic (exact) mass is 925 g/mol. The summed E-state index contributed by atoms with van der Waals surface area (Å²) in [5, 5.41) is 0. The second kappa shape index (κ2) is 39.6. The van der Waals surface area contributed by atoms with Crippen molar-refractivity contribution in [2.24, 2.45) is 0 Å². The van der Waals surface area contributed by atoms with Crippen molar-refractivity contribution >= 4 is 35.8 Å². The Balaban J connectivity index is 2.83. The van der Waals surface area contributed by atoms with E-state index < -0.39 is 79.2 Å². The van der Waals surface area contributed by atoms with Gasteiger partial charge in [0.05, 0.1) is 6.61 Å². The molecule has 0 radical (unpaired) electrons. The van der Waals surface area contributed by atoms with Crippen molar-refractivity contribution in [1.82, 2.24) is 0 Å². The van der Waals surface area contributed by atoms with Crippen LogP contribution < -0.4 is 0 Å². The lowest BCUT2D eigenvalue weighted by Crippen LogP contribution is -2.63. The van der Waals surface area contributed by atoms with Crippen molar-refractivity contribution in [3.63, 3.8) is 0 Å². The molecular weight excluding hydrogens is 837 g/mol. The van der Waals surface area contributed by atoms with Crippen molar-refractivity contribution in [3.8, 4) is 0 Å². The molecule has 376 valence electrons. The molecule has 0 aliphatic carbocycles. The smallest absolute Gasteiger partial charge is 0.306 e. The molecule has 1 fully saturated rings. The van der Waals surface area contributed by atoms with E-state index in [0.717, 1.165) is 78.6 Å². The zero-order chi connectivity index (χ0) is 47.9. The molecule has 1 rings (SSSR count). The maximum Gasteiger partial charge on any atom is 0.306 e. The third-order valence-electron chi connectivity index (χ3n) is 11.3. The van der Waals surface area contributed by atoms with E-state index in [1.165, 1.54) is 103 Å². The first kappa shape index (κ1) is 59.5. The first-order chi connectivity index (χ1) is 31.4. The summed E-state index contributed by atoms with van der Waals surface area (Å²) in [4.78, 5) is 74.5. The number of carbonyl (C=O) groups is 6. The van der Waals surface area contributed by atoms with Crippen molar-refractivity contribution in [1.29, 1.82) is 0 Å². The zero-order valence-corrected chi connectivity index (χ0v) is 41.3. The summed E-state index contributed by atoms with van der Waals surface area (Å²) in [6.45, 7) is 7.93. The van der Waals surface area contributed by atoms with Gasteiger partial charge in [-0.2, -0.15) is 0 Å². The minimum atomic E-state index is -1.48. The van der Waals surface area contributed by atoms with Crippen LogP contribution in [0.5, 0.6) is 0 Å². The van der Waals surface area contributed by atoms with Crippen LogP contribution >= 0.6 is 0 Å². The molecule has 1 saturated heterocycles. The van der Waals surface area contributed by atoms with E-state index in [1.807, 2.05) is 0 Å². The van der Waals surface area contributed by atoms with Crippen LogP contribution in [-0.4, -0.2) is 92.4 Å². The van der Waals surface area contributed by atoms with Crippen molar-refractivity contribution < 1.29 is 66.7 Å². The SMILES string of the molecule is CCCCCCCCC=CCCCCCCCC(=O)OCC(COC1OC(COC(C)=O)C(OC(C)=O)C(OC(C)=O)C1OC(C)=O)OC(=O)CCCCCCCCCCCCCCC. The Bertz CT molecular complexity index is 1320. The van der Waals surface area contributed by atoms with Gasteiger partial charge in [0.15, 0.2) is 30.7 Å². The van der Waals surface area contributed by atoms with E-state index >= 15 is 0 Å². The van der Waals surface area contributed by atoms with Gasteiger partial charge >= 0.3 is 35.8 Å². The van der Waals surface area contributed by atoms with Gasteiger partial charge in [-0.25, -0.2) is 0 Å². The summed E-state index contributed by atoms with van der Waals surface area (Å²) in [5.74, 6) is -3.91. The highest BCUT2D eigenvalue weighted by atomic mass is 16.7. The lowest BCUT2D eigenvalue weighted by Gasteiger charge is -2.44. The molecule has 0 aromatic carbocycles. The lowest BCUT2D eigenvalue weighted by atomic mass is 9.98. The average Bonchev–Trinajstić information content (AvgIpc) is 3.25. The Morgan fingerprint density at radius 1 is 0.462 bits per heavy atom. The molecule has 65 heavy (non-hydrogen) atoms. The fourth-order valence-corrected chi connectivity index (χ4v) is 7.77. The Morgan fingerprint density at radius 2 is 0.877 bits per heavy atom. The molecule has 0 N–H and O–H groups in total. The van der Waals surface area contributed by atoms with Gasteiger partial charge in [-0.1, -0.05) is 154 Å². The summed E-state index contributed by atoms with van der Waals surface area (Å²) in [6, 6.07) is 0. The number of carbonyl (C=O) groups excluding carboxylic acids is 6. The fourth-order valence-electron chi connectivity index (χ4n) is 7.77.